The van der Waals surface area contributed by atoms with Gasteiger partial charge in [-0.3, -0.25) is 9.69 Å². The zero-order chi connectivity index (χ0) is 16.9. The molecule has 0 aromatic heterocycles. The van der Waals surface area contributed by atoms with Crippen LogP contribution in [0.1, 0.15) is 28.8 Å². The summed E-state index contributed by atoms with van der Waals surface area (Å²) in [6.07, 6.45) is 0. The Morgan fingerprint density at radius 3 is 2.58 bits per heavy atom. The Morgan fingerprint density at radius 2 is 1.83 bits per heavy atom. The van der Waals surface area contributed by atoms with Gasteiger partial charge in [-0.05, 0) is 24.6 Å². The summed E-state index contributed by atoms with van der Waals surface area (Å²) in [5.41, 5.74) is 8.26. The average Bonchev–Trinajstić information content (AvgIpc) is 2.97. The molecule has 2 N–H and O–H groups in total. The minimum atomic E-state index is 0.0259. The van der Waals surface area contributed by atoms with Crippen molar-refractivity contribution in [2.24, 2.45) is 5.73 Å². The molecule has 24 heavy (non-hydrogen) atoms. The van der Waals surface area contributed by atoms with Crippen molar-refractivity contribution < 1.29 is 9.53 Å². The number of ketones is 1. The van der Waals surface area contributed by atoms with Gasteiger partial charge in [0.15, 0.2) is 5.78 Å². The molecule has 2 aromatic rings. The highest BCUT2D eigenvalue weighted by atomic mass is 16.5. The first-order valence-electron chi connectivity index (χ1n) is 8.41. The Hall–Kier alpha value is -2.17. The fourth-order valence-electron chi connectivity index (χ4n) is 3.32. The van der Waals surface area contributed by atoms with E-state index in [0.29, 0.717) is 23.8 Å². The van der Waals surface area contributed by atoms with Gasteiger partial charge < -0.3 is 10.5 Å². The van der Waals surface area contributed by atoms with Crippen LogP contribution in [0, 0.1) is 0 Å². The summed E-state index contributed by atoms with van der Waals surface area (Å²) in [5.74, 6) is 1.06. The fraction of sp³-hybridized carbons (Fsp3) is 0.350. The number of nitrogens with zero attached hydrogens (tertiary/aromatic N) is 1. The van der Waals surface area contributed by atoms with Crippen molar-refractivity contribution in [3.63, 3.8) is 0 Å². The molecule has 1 aliphatic heterocycles. The second kappa shape index (κ2) is 7.60. The van der Waals surface area contributed by atoms with Crippen LogP contribution in [-0.4, -0.2) is 43.0 Å². The summed E-state index contributed by atoms with van der Waals surface area (Å²) in [6.45, 7) is 4.74. The largest absolute Gasteiger partial charge is 0.491 e. The van der Waals surface area contributed by atoms with Gasteiger partial charge in [-0.25, -0.2) is 0 Å². The molecule has 0 bridgehead atoms. The van der Waals surface area contributed by atoms with Gasteiger partial charge in [0.2, 0.25) is 0 Å². The highest BCUT2D eigenvalue weighted by molar-refractivity contribution is 5.96. The van der Waals surface area contributed by atoms with Crippen LogP contribution in [0.4, 0.5) is 0 Å². The molecule has 4 heteroatoms. The third-order valence-electron chi connectivity index (χ3n) is 4.60. The van der Waals surface area contributed by atoms with Crippen LogP contribution in [0.3, 0.4) is 0 Å². The van der Waals surface area contributed by atoms with E-state index in [1.165, 1.54) is 5.56 Å². The van der Waals surface area contributed by atoms with E-state index in [1.807, 2.05) is 24.3 Å². The van der Waals surface area contributed by atoms with Gasteiger partial charge in [-0.2, -0.15) is 0 Å². The number of hydrogen-bond donors (Lipinski definition) is 1. The Kier molecular flexibility index (Phi) is 5.28. The SMILES string of the molecule is CC(=O)c1ccccc1OCCN1C[C@@H](N)[C@H](c2ccccc2)C1. The van der Waals surface area contributed by atoms with Crippen molar-refractivity contribution in [2.75, 3.05) is 26.2 Å². The zero-order valence-corrected chi connectivity index (χ0v) is 14.0. The van der Waals surface area contributed by atoms with Gasteiger partial charge >= 0.3 is 0 Å². The van der Waals surface area contributed by atoms with Crippen LogP contribution in [0.25, 0.3) is 0 Å². The van der Waals surface area contributed by atoms with Crippen LogP contribution in [0.5, 0.6) is 5.75 Å². The number of nitrogens with two attached hydrogens (primary N) is 1. The Bertz CT molecular complexity index is 687. The monoisotopic (exact) mass is 324 g/mol. The van der Waals surface area contributed by atoms with Crippen LogP contribution in [0.2, 0.25) is 0 Å². The Morgan fingerprint density at radius 1 is 1.12 bits per heavy atom. The third kappa shape index (κ3) is 3.83. The second-order valence-electron chi connectivity index (χ2n) is 6.34. The van der Waals surface area contributed by atoms with Crippen LogP contribution >= 0.6 is 0 Å². The molecule has 0 saturated carbocycles. The lowest BCUT2D eigenvalue weighted by molar-refractivity contribution is 0.101. The standard InChI is InChI=1S/C20H24N2O2/c1-15(23)17-9-5-6-10-20(17)24-12-11-22-13-18(19(21)14-22)16-7-3-2-4-8-16/h2-10,18-19H,11-14,21H2,1H3/t18-,19+/m0/s1. The van der Waals surface area contributed by atoms with Gasteiger partial charge in [-0.15, -0.1) is 0 Å². The molecular formula is C20H24N2O2. The molecule has 126 valence electrons. The topological polar surface area (TPSA) is 55.6 Å². The lowest BCUT2D eigenvalue weighted by Crippen LogP contribution is -2.30. The van der Waals surface area contributed by atoms with Crippen LogP contribution in [-0.2, 0) is 0 Å². The van der Waals surface area contributed by atoms with Crippen LogP contribution in [0.15, 0.2) is 54.6 Å². The molecule has 0 spiro atoms. The second-order valence-corrected chi connectivity index (χ2v) is 6.34. The molecule has 3 rings (SSSR count). The highest BCUT2D eigenvalue weighted by Gasteiger charge is 2.30. The minimum Gasteiger partial charge on any atom is -0.491 e. The molecule has 1 saturated heterocycles. The first-order valence-corrected chi connectivity index (χ1v) is 8.41. The number of likely N-dealkylation sites (tertiary alicyclic amines) is 1. The van der Waals surface area contributed by atoms with E-state index in [2.05, 4.69) is 29.2 Å². The van der Waals surface area contributed by atoms with Crippen molar-refractivity contribution in [1.82, 2.24) is 4.90 Å². The highest BCUT2D eigenvalue weighted by Crippen LogP contribution is 2.26. The number of hydrogen-bond acceptors (Lipinski definition) is 4. The number of para-hydroxylation sites is 1. The normalized spacial score (nSPS) is 20.9. The molecule has 4 nitrogen and oxygen atoms in total. The maximum Gasteiger partial charge on any atom is 0.163 e. The molecular weight excluding hydrogens is 300 g/mol. The van der Waals surface area contributed by atoms with Gasteiger partial charge in [0, 0.05) is 31.6 Å². The molecule has 0 amide bonds. The summed E-state index contributed by atoms with van der Waals surface area (Å²) >= 11 is 0. The molecule has 2 aromatic carbocycles. The lowest BCUT2D eigenvalue weighted by Gasteiger charge is -2.17. The van der Waals surface area contributed by atoms with E-state index in [9.17, 15) is 4.79 Å². The van der Waals surface area contributed by atoms with Gasteiger partial charge in [0.25, 0.3) is 0 Å². The molecule has 1 heterocycles. The summed E-state index contributed by atoms with van der Waals surface area (Å²) < 4.78 is 5.83. The first kappa shape index (κ1) is 16.7. The van der Waals surface area contributed by atoms with E-state index in [0.717, 1.165) is 19.6 Å². The van der Waals surface area contributed by atoms with E-state index in [4.69, 9.17) is 10.5 Å². The Balaban J connectivity index is 1.54. The van der Waals surface area contributed by atoms with Crippen molar-refractivity contribution in [3.05, 3.63) is 65.7 Å². The van der Waals surface area contributed by atoms with Crippen molar-refractivity contribution in [1.29, 1.82) is 0 Å². The smallest absolute Gasteiger partial charge is 0.163 e. The molecule has 0 aliphatic carbocycles. The fourth-order valence-corrected chi connectivity index (χ4v) is 3.32. The third-order valence-corrected chi connectivity index (χ3v) is 4.60. The first-order chi connectivity index (χ1) is 11.6. The molecule has 0 unspecified atom stereocenters. The van der Waals surface area contributed by atoms with E-state index < -0.39 is 0 Å². The number of ether oxygens (including phenoxy) is 1. The maximum absolute atomic E-state index is 11.6. The Labute approximate surface area is 143 Å². The number of carbonyl (C=O) groups is 1. The van der Waals surface area contributed by atoms with Crippen molar-refractivity contribution in [3.8, 4) is 5.75 Å². The summed E-state index contributed by atoms with van der Waals surface area (Å²) in [7, 11) is 0. The van der Waals surface area contributed by atoms with Crippen molar-refractivity contribution >= 4 is 5.78 Å². The number of Topliss-reactive ketones (excluding diaryl/α,β-unsaturated/α-hetero) is 1. The predicted molar refractivity (Wildman–Crippen MR) is 95.5 cm³/mol. The van der Waals surface area contributed by atoms with E-state index >= 15 is 0 Å². The molecule has 2 atom stereocenters. The predicted octanol–water partition coefficient (Wildman–Crippen LogP) is 2.69. The lowest BCUT2D eigenvalue weighted by atomic mass is 9.95. The van der Waals surface area contributed by atoms with Gasteiger partial charge in [-0.1, -0.05) is 42.5 Å². The number of rotatable bonds is 6. The van der Waals surface area contributed by atoms with Crippen molar-refractivity contribution in [2.45, 2.75) is 18.9 Å². The van der Waals surface area contributed by atoms with Gasteiger partial charge in [0.1, 0.15) is 12.4 Å². The summed E-state index contributed by atoms with van der Waals surface area (Å²) in [4.78, 5) is 14.0. The number of carbonyl (C=O) groups excluding carboxylic acids is 1. The number of benzene rings is 2. The molecule has 0 radical (unpaired) electrons. The zero-order valence-electron chi connectivity index (χ0n) is 14.0. The van der Waals surface area contributed by atoms with Gasteiger partial charge in [0.05, 0.1) is 5.56 Å². The molecule has 1 fully saturated rings. The maximum atomic E-state index is 11.6. The molecule has 1 aliphatic rings. The minimum absolute atomic E-state index is 0.0259. The summed E-state index contributed by atoms with van der Waals surface area (Å²) in [5, 5.41) is 0. The summed E-state index contributed by atoms with van der Waals surface area (Å²) in [6, 6.07) is 18.0. The average molecular weight is 324 g/mol. The van der Waals surface area contributed by atoms with E-state index in [1.54, 1.807) is 13.0 Å². The quantitative estimate of drug-likeness (QED) is 0.830. The van der Waals surface area contributed by atoms with Crippen LogP contribution < -0.4 is 10.5 Å². The van der Waals surface area contributed by atoms with E-state index in [-0.39, 0.29) is 11.8 Å².